The summed E-state index contributed by atoms with van der Waals surface area (Å²) in [5.41, 5.74) is 1.09. The molecule has 2 rings (SSSR count). The third kappa shape index (κ3) is 1.04. The van der Waals surface area contributed by atoms with Crippen molar-refractivity contribution >= 4 is 17.9 Å². The van der Waals surface area contributed by atoms with Gasteiger partial charge in [0.2, 0.25) is 5.91 Å². The highest BCUT2D eigenvalue weighted by Gasteiger charge is 2.28. The number of fused-ring (bicyclic) bond motifs is 1. The molecule has 0 fully saturated rings. The van der Waals surface area contributed by atoms with Gasteiger partial charge in [-0.1, -0.05) is 6.07 Å². The van der Waals surface area contributed by atoms with E-state index in [9.17, 15) is 14.0 Å². The molecule has 3 nitrogen and oxygen atoms in total. The van der Waals surface area contributed by atoms with Gasteiger partial charge in [0.1, 0.15) is 5.82 Å². The molecule has 1 aromatic rings. The molecule has 0 N–H and O–H groups in total. The van der Waals surface area contributed by atoms with Gasteiger partial charge in [-0.2, -0.15) is 0 Å². The van der Waals surface area contributed by atoms with Crippen molar-refractivity contribution in [3.63, 3.8) is 0 Å². The Labute approximate surface area is 80.1 Å². The summed E-state index contributed by atoms with van der Waals surface area (Å²) in [6.07, 6.45) is 0.691. The highest BCUT2D eigenvalue weighted by molar-refractivity contribution is 6.05. The Hall–Kier alpha value is -1.71. The van der Waals surface area contributed by atoms with Gasteiger partial charge in [-0.3, -0.25) is 9.59 Å². The van der Waals surface area contributed by atoms with Crippen LogP contribution in [0, 0.1) is 5.82 Å². The number of nitrogens with zero attached hydrogens (tertiary/aromatic N) is 1. The minimum absolute atomic E-state index is 0.0316. The molecule has 1 aliphatic heterocycles. The van der Waals surface area contributed by atoms with Gasteiger partial charge in [-0.05, 0) is 11.6 Å². The Balaban J connectivity index is 2.70. The second kappa shape index (κ2) is 2.90. The molecule has 1 heterocycles. The van der Waals surface area contributed by atoms with E-state index in [-0.39, 0.29) is 17.9 Å². The molecule has 4 heteroatoms. The Kier molecular flexibility index (Phi) is 1.84. The molecular weight excluding hydrogens is 185 g/mol. The third-order valence-electron chi connectivity index (χ3n) is 2.42. The molecule has 0 saturated heterocycles. The van der Waals surface area contributed by atoms with Crippen molar-refractivity contribution in [2.75, 3.05) is 11.9 Å². The molecule has 0 bridgehead atoms. The van der Waals surface area contributed by atoms with E-state index in [1.165, 1.54) is 11.0 Å². The van der Waals surface area contributed by atoms with Crippen LogP contribution in [0.5, 0.6) is 0 Å². The Bertz CT molecular complexity index is 428. The number of hydrogen-bond acceptors (Lipinski definition) is 2. The molecule has 14 heavy (non-hydrogen) atoms. The van der Waals surface area contributed by atoms with Crippen LogP contribution < -0.4 is 4.90 Å². The highest BCUT2D eigenvalue weighted by Crippen LogP contribution is 2.31. The van der Waals surface area contributed by atoms with E-state index in [0.29, 0.717) is 17.5 Å². The second-order valence-electron chi connectivity index (χ2n) is 3.22. The average molecular weight is 193 g/mol. The molecule has 0 aromatic heterocycles. The minimum Gasteiger partial charge on any atom is -0.314 e. The number of hydrogen-bond donors (Lipinski definition) is 0. The lowest BCUT2D eigenvalue weighted by Gasteiger charge is -2.12. The van der Waals surface area contributed by atoms with Crippen molar-refractivity contribution in [2.45, 2.75) is 6.42 Å². The number of amides is 1. The van der Waals surface area contributed by atoms with Crippen LogP contribution in [-0.2, 0) is 11.2 Å². The topological polar surface area (TPSA) is 37.4 Å². The summed E-state index contributed by atoms with van der Waals surface area (Å²) in [5.74, 6) is -0.700. The third-order valence-corrected chi connectivity index (χ3v) is 2.42. The van der Waals surface area contributed by atoms with Crippen molar-refractivity contribution in [3.05, 3.63) is 29.1 Å². The zero-order valence-corrected chi connectivity index (χ0v) is 7.58. The van der Waals surface area contributed by atoms with Gasteiger partial charge >= 0.3 is 0 Å². The van der Waals surface area contributed by atoms with Gasteiger partial charge in [0.15, 0.2) is 6.29 Å². The fourth-order valence-electron chi connectivity index (χ4n) is 1.69. The smallest absolute Gasteiger partial charge is 0.231 e. The van der Waals surface area contributed by atoms with Gasteiger partial charge in [0.05, 0.1) is 17.7 Å². The molecule has 72 valence electrons. The number of halogens is 1. The SMILES string of the molecule is CN1C(=O)Cc2ccc(F)c(C=O)c21. The Morgan fingerprint density at radius 2 is 2.21 bits per heavy atom. The molecule has 0 radical (unpaired) electrons. The molecule has 0 aliphatic carbocycles. The number of anilines is 1. The molecular formula is C10H8FNO2. The molecule has 0 spiro atoms. The Morgan fingerprint density at radius 1 is 1.50 bits per heavy atom. The average Bonchev–Trinajstić information content (AvgIpc) is 2.45. The van der Waals surface area contributed by atoms with Gasteiger partial charge in [-0.15, -0.1) is 0 Å². The van der Waals surface area contributed by atoms with Crippen LogP contribution in [0.2, 0.25) is 0 Å². The standard InChI is InChI=1S/C10H8FNO2/c1-12-9(14)4-6-2-3-8(11)7(5-13)10(6)12/h2-3,5H,4H2,1H3. The van der Waals surface area contributed by atoms with E-state index >= 15 is 0 Å². The lowest BCUT2D eigenvalue weighted by atomic mass is 10.1. The first kappa shape index (κ1) is 8.87. The highest BCUT2D eigenvalue weighted by atomic mass is 19.1. The first-order valence-electron chi connectivity index (χ1n) is 4.18. The van der Waals surface area contributed by atoms with Gasteiger partial charge in [0.25, 0.3) is 0 Å². The second-order valence-corrected chi connectivity index (χ2v) is 3.22. The van der Waals surface area contributed by atoms with Crippen molar-refractivity contribution in [1.29, 1.82) is 0 Å². The van der Waals surface area contributed by atoms with Crippen molar-refractivity contribution in [1.82, 2.24) is 0 Å². The summed E-state index contributed by atoms with van der Waals surface area (Å²) >= 11 is 0. The van der Waals surface area contributed by atoms with Gasteiger partial charge in [-0.25, -0.2) is 4.39 Å². The van der Waals surface area contributed by atoms with E-state index in [2.05, 4.69) is 0 Å². The van der Waals surface area contributed by atoms with Crippen LogP contribution in [0.3, 0.4) is 0 Å². The molecule has 0 atom stereocenters. The van der Waals surface area contributed by atoms with Crippen LogP contribution in [0.4, 0.5) is 10.1 Å². The molecule has 0 saturated carbocycles. The number of aldehydes is 1. The maximum atomic E-state index is 13.2. The molecule has 1 aromatic carbocycles. The minimum atomic E-state index is -0.583. The number of benzene rings is 1. The predicted octanol–water partition coefficient (Wildman–Crippen LogP) is 1.16. The zero-order valence-electron chi connectivity index (χ0n) is 7.58. The summed E-state index contributed by atoms with van der Waals surface area (Å²) < 4.78 is 13.2. The maximum Gasteiger partial charge on any atom is 0.231 e. The lowest BCUT2D eigenvalue weighted by molar-refractivity contribution is -0.117. The summed E-state index contributed by atoms with van der Waals surface area (Å²) in [7, 11) is 1.54. The summed E-state index contributed by atoms with van der Waals surface area (Å²) in [6, 6.07) is 2.76. The number of carbonyl (C=O) groups is 2. The van der Waals surface area contributed by atoms with E-state index in [1.54, 1.807) is 13.1 Å². The zero-order chi connectivity index (χ0) is 10.3. The normalized spacial score (nSPS) is 14.4. The molecule has 1 amide bonds. The first-order chi connectivity index (χ1) is 6.65. The Morgan fingerprint density at radius 3 is 2.86 bits per heavy atom. The van der Waals surface area contributed by atoms with Crippen LogP contribution in [-0.4, -0.2) is 19.2 Å². The predicted molar refractivity (Wildman–Crippen MR) is 48.9 cm³/mol. The van der Waals surface area contributed by atoms with Crippen molar-refractivity contribution in [2.24, 2.45) is 0 Å². The van der Waals surface area contributed by atoms with Gasteiger partial charge in [0, 0.05) is 7.05 Å². The largest absolute Gasteiger partial charge is 0.314 e. The molecule has 0 unspecified atom stereocenters. The lowest BCUT2D eigenvalue weighted by Crippen LogP contribution is -2.21. The van der Waals surface area contributed by atoms with Crippen molar-refractivity contribution in [3.8, 4) is 0 Å². The quantitative estimate of drug-likeness (QED) is 0.627. The van der Waals surface area contributed by atoms with Crippen LogP contribution in [0.25, 0.3) is 0 Å². The number of rotatable bonds is 1. The van der Waals surface area contributed by atoms with E-state index in [4.69, 9.17) is 0 Å². The van der Waals surface area contributed by atoms with Crippen LogP contribution in [0.15, 0.2) is 12.1 Å². The number of carbonyl (C=O) groups excluding carboxylic acids is 2. The summed E-state index contributed by atoms with van der Waals surface area (Å²) in [6.45, 7) is 0. The number of likely N-dealkylation sites (N-methyl/N-ethyl adjacent to an activating group) is 1. The molecule has 1 aliphatic rings. The van der Waals surface area contributed by atoms with Gasteiger partial charge < -0.3 is 4.90 Å². The fraction of sp³-hybridized carbons (Fsp3) is 0.200. The van der Waals surface area contributed by atoms with E-state index < -0.39 is 5.82 Å². The van der Waals surface area contributed by atoms with E-state index in [0.717, 1.165) is 0 Å². The van der Waals surface area contributed by atoms with E-state index in [1.807, 2.05) is 0 Å². The van der Waals surface area contributed by atoms with Crippen molar-refractivity contribution < 1.29 is 14.0 Å². The van der Waals surface area contributed by atoms with Crippen LogP contribution in [0.1, 0.15) is 15.9 Å². The summed E-state index contributed by atoms with van der Waals surface area (Å²) in [5, 5.41) is 0. The fourth-order valence-corrected chi connectivity index (χ4v) is 1.69. The monoisotopic (exact) mass is 193 g/mol. The summed E-state index contributed by atoms with van der Waals surface area (Å²) in [4.78, 5) is 23.3. The first-order valence-corrected chi connectivity index (χ1v) is 4.18. The van der Waals surface area contributed by atoms with Crippen LogP contribution >= 0.6 is 0 Å². The maximum absolute atomic E-state index is 13.2.